The fourth-order valence-electron chi connectivity index (χ4n) is 0.971. The van der Waals surface area contributed by atoms with Gasteiger partial charge in [-0.3, -0.25) is 4.79 Å². The summed E-state index contributed by atoms with van der Waals surface area (Å²) in [5, 5.41) is -0.624. The van der Waals surface area contributed by atoms with Crippen LogP contribution in [0.2, 0.25) is 0 Å². The van der Waals surface area contributed by atoms with Gasteiger partial charge in [-0.2, -0.15) is 0 Å². The zero-order valence-corrected chi connectivity index (χ0v) is 8.31. The van der Waals surface area contributed by atoms with Crippen molar-refractivity contribution < 1.29 is 13.2 Å². The molecule has 12 heavy (non-hydrogen) atoms. The van der Waals surface area contributed by atoms with Crippen LogP contribution in [0.25, 0.3) is 0 Å². The largest absolute Gasteiger partial charge is 0.282 e. The second-order valence-corrected chi connectivity index (χ2v) is 3.83. The first-order chi connectivity index (χ1) is 5.68. The summed E-state index contributed by atoms with van der Waals surface area (Å²) in [7, 11) is -2.83. The normalized spacial score (nSPS) is 10.5. The van der Waals surface area contributed by atoms with E-state index >= 15 is 0 Å². The summed E-state index contributed by atoms with van der Waals surface area (Å²) in [5.74, 6) is 0. The van der Waals surface area contributed by atoms with E-state index in [-0.39, 0.29) is 6.42 Å². The van der Waals surface area contributed by atoms with E-state index in [4.69, 9.17) is 0 Å². The lowest BCUT2D eigenvalue weighted by atomic mass is 10.1. The van der Waals surface area contributed by atoms with Crippen LogP contribution in [-0.2, 0) is 15.5 Å². The van der Waals surface area contributed by atoms with E-state index in [0.717, 1.165) is 25.7 Å². The lowest BCUT2D eigenvalue weighted by molar-refractivity contribution is -0.111. The van der Waals surface area contributed by atoms with Gasteiger partial charge in [-0.25, -0.2) is 8.42 Å². The van der Waals surface area contributed by atoms with E-state index in [1.807, 2.05) is 0 Å². The van der Waals surface area contributed by atoms with Crippen molar-refractivity contribution in [2.45, 2.75) is 45.4 Å². The quantitative estimate of drug-likeness (QED) is 0.512. The predicted molar refractivity (Wildman–Crippen MR) is 48.7 cm³/mol. The van der Waals surface area contributed by atoms with Gasteiger partial charge >= 0.3 is 0 Å². The summed E-state index contributed by atoms with van der Waals surface area (Å²) < 4.78 is 20.2. The predicted octanol–water partition coefficient (Wildman–Crippen LogP) is 1.48. The lowest BCUT2D eigenvalue weighted by Crippen LogP contribution is -1.98. The molecule has 0 unspecified atom stereocenters. The van der Waals surface area contributed by atoms with Gasteiger partial charge in [0.2, 0.25) is 15.8 Å². The molecule has 0 aliphatic heterocycles. The molecule has 0 saturated heterocycles. The third kappa shape index (κ3) is 6.34. The minimum absolute atomic E-state index is 0.197. The first-order valence-corrected chi connectivity index (χ1v) is 5.53. The summed E-state index contributed by atoms with van der Waals surface area (Å²) in [4.78, 5) is 10.6. The second kappa shape index (κ2) is 7.28. The first kappa shape index (κ1) is 11.6. The zero-order valence-electron chi connectivity index (χ0n) is 7.41. The van der Waals surface area contributed by atoms with Crippen molar-refractivity contribution in [3.8, 4) is 0 Å². The Morgan fingerprint density at radius 3 is 2.17 bits per heavy atom. The van der Waals surface area contributed by atoms with Crippen LogP contribution < -0.4 is 0 Å². The van der Waals surface area contributed by atoms with Gasteiger partial charge in [0, 0.05) is 6.42 Å². The Bertz CT molecular complexity index is 188. The number of hydrogen-bond donors (Lipinski definition) is 1. The molecule has 0 rings (SSSR count). The molecule has 0 radical (unpaired) electrons. The van der Waals surface area contributed by atoms with Crippen LogP contribution in [0.15, 0.2) is 0 Å². The van der Waals surface area contributed by atoms with Gasteiger partial charge in [0.25, 0.3) is 0 Å². The van der Waals surface area contributed by atoms with Crippen molar-refractivity contribution in [2.75, 3.05) is 0 Å². The van der Waals surface area contributed by atoms with Gasteiger partial charge in [-0.15, -0.1) is 0 Å². The van der Waals surface area contributed by atoms with Crippen LogP contribution in [0.5, 0.6) is 0 Å². The third-order valence-corrected chi connectivity index (χ3v) is 2.33. The van der Waals surface area contributed by atoms with Gasteiger partial charge in [0.05, 0.1) is 0 Å². The highest BCUT2D eigenvalue weighted by atomic mass is 32.2. The molecule has 0 heterocycles. The molecule has 4 heteroatoms. The van der Waals surface area contributed by atoms with E-state index < -0.39 is 15.8 Å². The standard InChI is InChI=1S/C8H16O3S/c1-2-3-4-5-6-7-8(9)12(10)11/h12H,2-7H2,1H3. The summed E-state index contributed by atoms with van der Waals surface area (Å²) in [6, 6.07) is 0. The molecule has 0 aromatic heterocycles. The smallest absolute Gasteiger partial charge is 0.243 e. The molecule has 0 spiro atoms. The molecular formula is C8H16O3S. The third-order valence-electron chi connectivity index (χ3n) is 1.70. The topological polar surface area (TPSA) is 51.2 Å². The molecule has 3 nitrogen and oxygen atoms in total. The Kier molecular flexibility index (Phi) is 7.05. The highest BCUT2D eigenvalue weighted by Crippen LogP contribution is 2.05. The average molecular weight is 192 g/mol. The van der Waals surface area contributed by atoms with Gasteiger partial charge in [0.1, 0.15) is 0 Å². The summed E-state index contributed by atoms with van der Waals surface area (Å²) in [6.07, 6.45) is 5.29. The molecule has 0 saturated carbocycles. The maximum absolute atomic E-state index is 10.6. The van der Waals surface area contributed by atoms with Crippen molar-refractivity contribution in [2.24, 2.45) is 0 Å². The lowest BCUT2D eigenvalue weighted by Gasteiger charge is -1.95. The number of hydrogen-bond acceptors (Lipinski definition) is 3. The SMILES string of the molecule is CCCCCCCC(=O)[SH](=O)=O. The van der Waals surface area contributed by atoms with E-state index in [2.05, 4.69) is 6.92 Å². The second-order valence-electron chi connectivity index (χ2n) is 2.82. The number of carbonyl (C=O) groups excluding carboxylic acids is 1. The van der Waals surface area contributed by atoms with Crippen LogP contribution in [0.3, 0.4) is 0 Å². The maximum Gasteiger partial charge on any atom is 0.243 e. The van der Waals surface area contributed by atoms with Gasteiger partial charge in [0.15, 0.2) is 0 Å². The first-order valence-electron chi connectivity index (χ1n) is 4.35. The number of thiol groups is 1. The maximum atomic E-state index is 10.6. The Morgan fingerprint density at radius 1 is 1.08 bits per heavy atom. The molecule has 0 aromatic rings. The molecule has 0 aromatic carbocycles. The van der Waals surface area contributed by atoms with Crippen molar-refractivity contribution >= 4 is 15.8 Å². The molecule has 0 amide bonds. The van der Waals surface area contributed by atoms with E-state index in [1.165, 1.54) is 0 Å². The Labute approximate surface area is 75.1 Å². The molecule has 72 valence electrons. The van der Waals surface area contributed by atoms with Crippen LogP contribution in [0.4, 0.5) is 0 Å². The number of carbonyl (C=O) groups is 1. The van der Waals surface area contributed by atoms with E-state index in [1.54, 1.807) is 0 Å². The molecule has 0 N–H and O–H groups in total. The minimum atomic E-state index is -2.83. The molecule has 0 aliphatic carbocycles. The highest BCUT2D eigenvalue weighted by Gasteiger charge is 2.02. The van der Waals surface area contributed by atoms with Crippen molar-refractivity contribution in [3.63, 3.8) is 0 Å². The van der Waals surface area contributed by atoms with Crippen molar-refractivity contribution in [1.82, 2.24) is 0 Å². The average Bonchev–Trinajstić information content (AvgIpc) is 2.03. The van der Waals surface area contributed by atoms with Gasteiger partial charge in [-0.1, -0.05) is 32.6 Å². The number of unbranched alkanes of at least 4 members (excludes halogenated alkanes) is 4. The van der Waals surface area contributed by atoms with Gasteiger partial charge < -0.3 is 0 Å². The van der Waals surface area contributed by atoms with Crippen molar-refractivity contribution in [1.29, 1.82) is 0 Å². The minimum Gasteiger partial charge on any atom is -0.282 e. The number of rotatable bonds is 6. The van der Waals surface area contributed by atoms with Crippen LogP contribution >= 0.6 is 0 Å². The van der Waals surface area contributed by atoms with E-state index in [9.17, 15) is 13.2 Å². The van der Waals surface area contributed by atoms with Crippen LogP contribution in [0.1, 0.15) is 45.4 Å². The molecular weight excluding hydrogens is 176 g/mol. The highest BCUT2D eigenvalue weighted by molar-refractivity contribution is 7.89. The van der Waals surface area contributed by atoms with Gasteiger partial charge in [-0.05, 0) is 6.42 Å². The Balaban J connectivity index is 3.26. The molecule has 0 atom stereocenters. The fourth-order valence-corrected chi connectivity index (χ4v) is 1.31. The Hall–Kier alpha value is -0.380. The Morgan fingerprint density at radius 2 is 1.67 bits per heavy atom. The summed E-state index contributed by atoms with van der Waals surface area (Å²) >= 11 is 0. The van der Waals surface area contributed by atoms with Crippen LogP contribution in [0, 0.1) is 0 Å². The van der Waals surface area contributed by atoms with E-state index in [0.29, 0.717) is 6.42 Å². The molecule has 0 bridgehead atoms. The summed E-state index contributed by atoms with van der Waals surface area (Å²) in [6.45, 7) is 2.11. The summed E-state index contributed by atoms with van der Waals surface area (Å²) in [5.41, 5.74) is 0. The van der Waals surface area contributed by atoms with Crippen LogP contribution in [-0.4, -0.2) is 13.5 Å². The monoisotopic (exact) mass is 192 g/mol. The zero-order chi connectivity index (χ0) is 9.40. The molecule has 0 fully saturated rings. The van der Waals surface area contributed by atoms with Crippen molar-refractivity contribution in [3.05, 3.63) is 0 Å². The molecule has 0 aliphatic rings. The fraction of sp³-hybridized carbons (Fsp3) is 0.875.